The second-order valence-corrected chi connectivity index (χ2v) is 6.31. The van der Waals surface area contributed by atoms with Crippen LogP contribution in [0.25, 0.3) is 0 Å². The van der Waals surface area contributed by atoms with E-state index in [-0.39, 0.29) is 12.1 Å². The molecule has 0 unspecified atom stereocenters. The smallest absolute Gasteiger partial charge is 0.330 e. The Morgan fingerprint density at radius 2 is 2.28 bits per heavy atom. The van der Waals surface area contributed by atoms with Gasteiger partial charge < -0.3 is 9.57 Å². The Bertz CT molecular complexity index is 394. The van der Waals surface area contributed by atoms with E-state index >= 15 is 0 Å². The van der Waals surface area contributed by atoms with Gasteiger partial charge in [-0.3, -0.25) is 0 Å². The molecule has 2 rings (SSSR count). The normalized spacial score (nSPS) is 17.5. The van der Waals surface area contributed by atoms with Crippen LogP contribution in [0, 0.1) is 5.41 Å². The first-order valence-electron chi connectivity index (χ1n) is 5.92. The lowest BCUT2D eigenvalue weighted by atomic mass is 9.98. The van der Waals surface area contributed by atoms with Gasteiger partial charge in [-0.05, 0) is 20.8 Å². The van der Waals surface area contributed by atoms with E-state index in [0.29, 0.717) is 19.7 Å². The Balaban J connectivity index is 1.64. The van der Waals surface area contributed by atoms with Crippen molar-refractivity contribution < 1.29 is 14.4 Å². The number of hydrogen-bond acceptors (Lipinski definition) is 6. The van der Waals surface area contributed by atoms with E-state index in [1.807, 2.05) is 26.2 Å². The average Bonchev–Trinajstić information content (AvgIpc) is 2.72. The number of carbonyl (C=O) groups is 1. The summed E-state index contributed by atoms with van der Waals surface area (Å²) in [5.74, 6) is -0.208. The molecule has 1 aliphatic rings. The third-order valence-corrected chi connectivity index (χ3v) is 3.32. The van der Waals surface area contributed by atoms with Crippen LogP contribution in [-0.2, 0) is 21.0 Å². The molecule has 1 aromatic rings. The topological polar surface area (TPSA) is 51.7 Å². The molecule has 0 N–H and O–H groups in total. The molecule has 1 saturated heterocycles. The lowest BCUT2D eigenvalue weighted by Gasteiger charge is -2.37. The number of nitrogens with zero attached hydrogens (tertiary/aromatic N) is 2. The summed E-state index contributed by atoms with van der Waals surface area (Å²) in [6, 6.07) is 0. The molecule has 0 amide bonds. The number of thiazole rings is 1. The molecule has 0 spiro atoms. The zero-order chi connectivity index (χ0) is 13.2. The fourth-order valence-electron chi connectivity index (χ4n) is 1.35. The summed E-state index contributed by atoms with van der Waals surface area (Å²) in [5.41, 5.74) is -0.465. The number of aromatic nitrogens is 1. The predicted molar refractivity (Wildman–Crippen MR) is 67.8 cm³/mol. The van der Waals surface area contributed by atoms with Crippen molar-refractivity contribution in [2.75, 3.05) is 13.1 Å². The SMILES string of the molecule is CC(C)(C)C(=O)ON1CC(OCc2nccs2)C1. The van der Waals surface area contributed by atoms with Crippen LogP contribution in [0.5, 0.6) is 0 Å². The fourth-order valence-corrected chi connectivity index (χ4v) is 1.88. The quantitative estimate of drug-likeness (QED) is 0.835. The molecule has 100 valence electrons. The van der Waals surface area contributed by atoms with Gasteiger partial charge in [0, 0.05) is 11.6 Å². The van der Waals surface area contributed by atoms with Gasteiger partial charge in [-0.15, -0.1) is 16.4 Å². The Morgan fingerprint density at radius 3 is 2.83 bits per heavy atom. The van der Waals surface area contributed by atoms with Gasteiger partial charge in [0.05, 0.1) is 31.2 Å². The summed E-state index contributed by atoms with van der Waals surface area (Å²) in [6.45, 7) is 7.31. The monoisotopic (exact) mass is 270 g/mol. The Hall–Kier alpha value is -0.980. The highest BCUT2D eigenvalue weighted by Crippen LogP contribution is 2.20. The summed E-state index contributed by atoms with van der Waals surface area (Å²) in [5, 5.41) is 4.54. The largest absolute Gasteiger partial charge is 0.368 e. The first-order valence-corrected chi connectivity index (χ1v) is 6.80. The predicted octanol–water partition coefficient (Wildman–Crippen LogP) is 1.85. The maximum Gasteiger partial charge on any atom is 0.330 e. The molecule has 0 atom stereocenters. The zero-order valence-corrected chi connectivity index (χ0v) is 11.7. The number of hydroxylamine groups is 2. The highest BCUT2D eigenvalue weighted by Gasteiger charge is 2.34. The van der Waals surface area contributed by atoms with E-state index in [2.05, 4.69) is 4.98 Å². The summed E-state index contributed by atoms with van der Waals surface area (Å²) >= 11 is 1.58. The molecule has 1 aliphatic heterocycles. The highest BCUT2D eigenvalue weighted by molar-refractivity contribution is 7.09. The molecule has 1 aromatic heterocycles. The Kier molecular flexibility index (Phi) is 3.99. The maximum atomic E-state index is 11.6. The van der Waals surface area contributed by atoms with E-state index in [0.717, 1.165) is 5.01 Å². The lowest BCUT2D eigenvalue weighted by molar-refractivity contribution is -0.245. The minimum Gasteiger partial charge on any atom is -0.368 e. The second-order valence-electron chi connectivity index (χ2n) is 5.33. The minimum absolute atomic E-state index is 0.127. The molecule has 0 bridgehead atoms. The van der Waals surface area contributed by atoms with Crippen molar-refractivity contribution in [2.24, 2.45) is 5.41 Å². The van der Waals surface area contributed by atoms with Crippen LogP contribution in [-0.4, -0.2) is 35.2 Å². The summed E-state index contributed by atoms with van der Waals surface area (Å²) in [4.78, 5) is 21.0. The van der Waals surface area contributed by atoms with Crippen molar-refractivity contribution in [3.05, 3.63) is 16.6 Å². The van der Waals surface area contributed by atoms with Gasteiger partial charge in [0.15, 0.2) is 0 Å². The molecule has 0 saturated carbocycles. The summed E-state index contributed by atoms with van der Waals surface area (Å²) < 4.78 is 5.63. The van der Waals surface area contributed by atoms with Crippen molar-refractivity contribution in [3.63, 3.8) is 0 Å². The first kappa shape index (κ1) is 13.5. The molecule has 6 heteroatoms. The van der Waals surface area contributed by atoms with Gasteiger partial charge in [-0.25, -0.2) is 9.78 Å². The van der Waals surface area contributed by atoms with E-state index in [9.17, 15) is 4.79 Å². The lowest BCUT2D eigenvalue weighted by Crippen LogP contribution is -2.53. The third kappa shape index (κ3) is 3.51. The van der Waals surface area contributed by atoms with Gasteiger partial charge >= 0.3 is 5.97 Å². The Labute approximate surface area is 111 Å². The van der Waals surface area contributed by atoms with Crippen LogP contribution >= 0.6 is 11.3 Å². The van der Waals surface area contributed by atoms with Gasteiger partial charge in [-0.2, -0.15) is 0 Å². The van der Waals surface area contributed by atoms with Crippen LogP contribution in [0.1, 0.15) is 25.8 Å². The number of rotatable bonds is 4. The van der Waals surface area contributed by atoms with E-state index in [1.165, 1.54) is 0 Å². The first-order chi connectivity index (χ1) is 8.45. The number of carbonyl (C=O) groups excluding carboxylic acids is 1. The van der Waals surface area contributed by atoms with Crippen molar-refractivity contribution in [1.82, 2.24) is 10.0 Å². The number of ether oxygens (including phenoxy) is 1. The molecule has 18 heavy (non-hydrogen) atoms. The summed E-state index contributed by atoms with van der Waals surface area (Å²) in [7, 11) is 0. The molecule has 0 aromatic carbocycles. The van der Waals surface area contributed by atoms with Crippen LogP contribution in [0.3, 0.4) is 0 Å². The van der Waals surface area contributed by atoms with Crippen molar-refractivity contribution in [2.45, 2.75) is 33.5 Å². The fraction of sp³-hybridized carbons (Fsp3) is 0.667. The molecular weight excluding hydrogens is 252 g/mol. The molecular formula is C12H18N2O3S. The van der Waals surface area contributed by atoms with E-state index in [4.69, 9.17) is 9.57 Å². The van der Waals surface area contributed by atoms with Crippen molar-refractivity contribution in [1.29, 1.82) is 0 Å². The molecule has 0 radical (unpaired) electrons. The van der Waals surface area contributed by atoms with Crippen molar-refractivity contribution >= 4 is 17.3 Å². The second kappa shape index (κ2) is 5.34. The molecule has 1 fully saturated rings. The van der Waals surface area contributed by atoms with Crippen LogP contribution in [0.4, 0.5) is 0 Å². The molecule has 0 aliphatic carbocycles. The average molecular weight is 270 g/mol. The van der Waals surface area contributed by atoms with Crippen LogP contribution in [0.15, 0.2) is 11.6 Å². The van der Waals surface area contributed by atoms with Crippen LogP contribution in [0.2, 0.25) is 0 Å². The van der Waals surface area contributed by atoms with E-state index in [1.54, 1.807) is 22.6 Å². The molecule has 5 nitrogen and oxygen atoms in total. The van der Waals surface area contributed by atoms with Crippen LogP contribution < -0.4 is 0 Å². The van der Waals surface area contributed by atoms with Gasteiger partial charge in [0.2, 0.25) is 0 Å². The van der Waals surface area contributed by atoms with Crippen molar-refractivity contribution in [3.8, 4) is 0 Å². The van der Waals surface area contributed by atoms with Gasteiger partial charge in [0.25, 0.3) is 0 Å². The summed E-state index contributed by atoms with van der Waals surface area (Å²) in [6.07, 6.45) is 1.89. The highest BCUT2D eigenvalue weighted by atomic mass is 32.1. The number of hydrogen-bond donors (Lipinski definition) is 0. The maximum absolute atomic E-state index is 11.6. The molecule has 2 heterocycles. The Morgan fingerprint density at radius 1 is 1.56 bits per heavy atom. The standard InChI is InChI=1S/C12H18N2O3S/c1-12(2,3)11(15)17-14-6-9(7-14)16-8-10-13-4-5-18-10/h4-5,9H,6-8H2,1-3H3. The van der Waals surface area contributed by atoms with Gasteiger partial charge in [0.1, 0.15) is 5.01 Å². The van der Waals surface area contributed by atoms with E-state index < -0.39 is 5.41 Å². The third-order valence-electron chi connectivity index (χ3n) is 2.56. The minimum atomic E-state index is -0.465. The zero-order valence-electron chi connectivity index (χ0n) is 10.9. The van der Waals surface area contributed by atoms with Gasteiger partial charge in [-0.1, -0.05) is 0 Å².